The highest BCUT2D eigenvalue weighted by Gasteiger charge is 2.50. The second-order valence-electron chi connectivity index (χ2n) is 17.0. The first-order chi connectivity index (χ1) is 29.1. The normalized spacial score (nSPS) is 20.2. The maximum absolute atomic E-state index is 7.09. The summed E-state index contributed by atoms with van der Waals surface area (Å²) in [6, 6.07) is 50.8. The zero-order valence-corrected chi connectivity index (χ0v) is 37.0. The molecule has 0 aromatic heterocycles. The fourth-order valence-corrected chi connectivity index (χ4v) is 7.84. The lowest BCUT2D eigenvalue weighted by Crippen LogP contribution is -2.62. The summed E-state index contributed by atoms with van der Waals surface area (Å²) in [7, 11) is -2.03. The molecule has 1 aliphatic rings. The van der Waals surface area contributed by atoms with Crippen molar-refractivity contribution in [3.8, 4) is 0 Å². The highest BCUT2D eigenvalue weighted by Crippen LogP contribution is 2.37. The minimum Gasteiger partial charge on any atom is -0.417 e. The molecular formula is C51H64O8Si. The van der Waals surface area contributed by atoms with Gasteiger partial charge in [-0.05, 0) is 52.4 Å². The van der Waals surface area contributed by atoms with Gasteiger partial charge in [0.15, 0.2) is 14.6 Å². The van der Waals surface area contributed by atoms with Crippen molar-refractivity contribution in [1.82, 2.24) is 0 Å². The van der Waals surface area contributed by atoms with E-state index in [2.05, 4.69) is 94.5 Å². The van der Waals surface area contributed by atoms with Crippen molar-refractivity contribution in [2.45, 2.75) is 115 Å². The zero-order chi connectivity index (χ0) is 42.0. The molecule has 6 rings (SSSR count). The molecule has 320 valence electrons. The number of hydrogen-bond donors (Lipinski definition) is 0. The van der Waals surface area contributed by atoms with Gasteiger partial charge in [-0.15, -0.1) is 0 Å². The van der Waals surface area contributed by atoms with Crippen LogP contribution in [0.2, 0.25) is 18.1 Å². The summed E-state index contributed by atoms with van der Waals surface area (Å²) in [4.78, 5) is 0. The third kappa shape index (κ3) is 14.3. The molecule has 0 N–H and O–H groups in total. The number of benzene rings is 5. The van der Waals surface area contributed by atoms with Crippen LogP contribution in [0.4, 0.5) is 0 Å². The quantitative estimate of drug-likeness (QED) is 0.0603. The molecule has 1 aliphatic heterocycles. The van der Waals surface area contributed by atoms with Gasteiger partial charge in [-0.2, -0.15) is 0 Å². The summed E-state index contributed by atoms with van der Waals surface area (Å²) in [5.41, 5.74) is 5.27. The smallest absolute Gasteiger partial charge is 0.191 e. The molecule has 60 heavy (non-hydrogen) atoms. The monoisotopic (exact) mass is 832 g/mol. The fourth-order valence-electron chi connectivity index (χ4n) is 6.78. The SMILES string of the molecule is CC(C)(C)[Si](C)(C)OCCC(COCc1ccccc1)O[C@@H]1O[C@H](COCc2ccccc2)[C@@H](OCc2ccccc2)[C@H](OCc2ccccc2)[C@H]1OCc1ccccc1. The van der Waals surface area contributed by atoms with Crippen molar-refractivity contribution in [3.05, 3.63) is 179 Å². The van der Waals surface area contributed by atoms with Crippen molar-refractivity contribution in [2.75, 3.05) is 19.8 Å². The predicted molar refractivity (Wildman–Crippen MR) is 239 cm³/mol. The van der Waals surface area contributed by atoms with Crippen molar-refractivity contribution in [3.63, 3.8) is 0 Å². The topological polar surface area (TPSA) is 73.8 Å². The highest BCUT2D eigenvalue weighted by atomic mass is 28.4. The molecule has 0 radical (unpaired) electrons. The molecule has 1 heterocycles. The van der Waals surface area contributed by atoms with Crippen LogP contribution in [0.15, 0.2) is 152 Å². The lowest BCUT2D eigenvalue weighted by atomic mass is 9.97. The minimum atomic E-state index is -2.03. The zero-order valence-electron chi connectivity index (χ0n) is 36.0. The van der Waals surface area contributed by atoms with E-state index in [1.54, 1.807) is 0 Å². The third-order valence-electron chi connectivity index (χ3n) is 11.3. The molecule has 0 amide bonds. The van der Waals surface area contributed by atoms with E-state index in [0.717, 1.165) is 27.8 Å². The fraction of sp³-hybridized carbons (Fsp3) is 0.412. The molecule has 0 saturated carbocycles. The summed E-state index contributed by atoms with van der Waals surface area (Å²) in [5.74, 6) is 0. The van der Waals surface area contributed by atoms with Crippen molar-refractivity contribution in [1.29, 1.82) is 0 Å². The van der Waals surface area contributed by atoms with Gasteiger partial charge >= 0.3 is 0 Å². The van der Waals surface area contributed by atoms with Crippen LogP contribution in [0.3, 0.4) is 0 Å². The van der Waals surface area contributed by atoms with Crippen molar-refractivity contribution in [2.24, 2.45) is 0 Å². The van der Waals surface area contributed by atoms with Crippen LogP contribution < -0.4 is 0 Å². The minimum absolute atomic E-state index is 0.0705. The van der Waals surface area contributed by atoms with Gasteiger partial charge in [0.2, 0.25) is 0 Å². The Kier molecular flexibility index (Phi) is 17.7. The van der Waals surface area contributed by atoms with E-state index in [-0.39, 0.29) is 17.7 Å². The molecule has 9 heteroatoms. The van der Waals surface area contributed by atoms with Crippen LogP contribution in [0.5, 0.6) is 0 Å². The van der Waals surface area contributed by atoms with E-state index >= 15 is 0 Å². The molecule has 5 aromatic carbocycles. The molecule has 5 aromatic rings. The van der Waals surface area contributed by atoms with Gasteiger partial charge in [-0.1, -0.05) is 172 Å². The summed E-state index contributed by atoms with van der Waals surface area (Å²) in [6.45, 7) is 14.3. The lowest BCUT2D eigenvalue weighted by Gasteiger charge is -2.46. The summed E-state index contributed by atoms with van der Waals surface area (Å²) < 4.78 is 54.4. The maximum Gasteiger partial charge on any atom is 0.191 e. The van der Waals surface area contributed by atoms with Crippen molar-refractivity contribution < 1.29 is 37.6 Å². The average molecular weight is 833 g/mol. The molecule has 8 nitrogen and oxygen atoms in total. The van der Waals surface area contributed by atoms with Crippen LogP contribution in [-0.2, 0) is 70.6 Å². The van der Waals surface area contributed by atoms with Gasteiger partial charge < -0.3 is 37.6 Å². The second kappa shape index (κ2) is 23.3. The van der Waals surface area contributed by atoms with E-state index in [1.807, 2.05) is 91.0 Å². The van der Waals surface area contributed by atoms with E-state index in [4.69, 9.17) is 37.6 Å². The number of hydrogen-bond acceptors (Lipinski definition) is 8. The lowest BCUT2D eigenvalue weighted by molar-refractivity contribution is -0.338. The van der Waals surface area contributed by atoms with Gasteiger partial charge in [0.25, 0.3) is 0 Å². The van der Waals surface area contributed by atoms with Crippen LogP contribution in [-0.4, -0.2) is 64.9 Å². The van der Waals surface area contributed by atoms with Crippen LogP contribution in [0.25, 0.3) is 0 Å². The molecule has 0 bridgehead atoms. The van der Waals surface area contributed by atoms with Gasteiger partial charge in [-0.3, -0.25) is 0 Å². The van der Waals surface area contributed by atoms with E-state index in [1.165, 1.54) is 0 Å². The van der Waals surface area contributed by atoms with Crippen LogP contribution in [0, 0.1) is 0 Å². The molecule has 0 aliphatic carbocycles. The molecule has 1 unspecified atom stereocenters. The van der Waals surface area contributed by atoms with Crippen molar-refractivity contribution >= 4 is 8.32 Å². The second-order valence-corrected chi connectivity index (χ2v) is 21.8. The van der Waals surface area contributed by atoms with Gasteiger partial charge in [-0.25, -0.2) is 0 Å². The molecule has 1 saturated heterocycles. The van der Waals surface area contributed by atoms with Gasteiger partial charge in [0.05, 0.1) is 52.4 Å². The molecule has 0 spiro atoms. The summed E-state index contributed by atoms with van der Waals surface area (Å²) in [5, 5.41) is 0.0705. The van der Waals surface area contributed by atoms with Gasteiger partial charge in [0.1, 0.15) is 24.4 Å². The molecule has 1 fully saturated rings. The van der Waals surface area contributed by atoms with E-state index in [0.29, 0.717) is 52.7 Å². The first-order valence-electron chi connectivity index (χ1n) is 21.3. The summed E-state index contributed by atoms with van der Waals surface area (Å²) in [6.07, 6.45) is -3.04. The summed E-state index contributed by atoms with van der Waals surface area (Å²) >= 11 is 0. The Labute approximate surface area is 359 Å². The average Bonchev–Trinajstić information content (AvgIpc) is 3.26. The van der Waals surface area contributed by atoms with E-state index in [9.17, 15) is 0 Å². The number of ether oxygens (including phenoxy) is 7. The third-order valence-corrected chi connectivity index (χ3v) is 15.8. The largest absolute Gasteiger partial charge is 0.417 e. The van der Waals surface area contributed by atoms with Crippen LogP contribution in [0.1, 0.15) is 55.0 Å². The first kappa shape index (κ1) is 45.5. The standard InChI is InChI=1S/C51H64O8Si/c1-51(2,3)60(4,5)57-32-31-45(38-52-33-40-21-11-6-12-22-40)58-50-49(56-37-44-29-19-10-20-30-44)48(55-36-43-27-17-9-18-28-43)47(54-35-42-25-15-8-16-26-42)46(59-50)39-53-34-41-23-13-7-14-24-41/h6-30,45-50H,31-39H2,1-5H3/t45?,46-,47-,48+,49-,50-/m1/s1. The Morgan fingerprint density at radius 1 is 0.517 bits per heavy atom. The highest BCUT2D eigenvalue weighted by molar-refractivity contribution is 6.74. The predicted octanol–water partition coefficient (Wildman–Crippen LogP) is 10.7. The number of rotatable bonds is 23. The Bertz CT molecular complexity index is 1890. The Morgan fingerprint density at radius 3 is 1.37 bits per heavy atom. The van der Waals surface area contributed by atoms with Crippen LogP contribution >= 0.6 is 0 Å². The maximum atomic E-state index is 7.09. The Hall–Kier alpha value is -4.00. The Morgan fingerprint density at radius 2 is 0.917 bits per heavy atom. The Balaban J connectivity index is 1.32. The van der Waals surface area contributed by atoms with E-state index < -0.39 is 39.0 Å². The molecule has 6 atom stereocenters. The van der Waals surface area contributed by atoms with Gasteiger partial charge in [0, 0.05) is 6.61 Å². The molecular weight excluding hydrogens is 769 g/mol. The first-order valence-corrected chi connectivity index (χ1v) is 24.2.